The Morgan fingerprint density at radius 2 is 1.54 bits per heavy atom. The molecule has 2 aliphatic heterocycles. The minimum absolute atomic E-state index is 0.121. The van der Waals surface area contributed by atoms with Crippen LogP contribution in [0.15, 0.2) is 48.8 Å². The Morgan fingerprint density at radius 1 is 0.865 bits per heavy atom. The highest BCUT2D eigenvalue weighted by molar-refractivity contribution is 6.27. The Bertz CT molecular complexity index is 1440. The van der Waals surface area contributed by atoms with Gasteiger partial charge < -0.3 is 9.47 Å². The van der Waals surface area contributed by atoms with Crippen molar-refractivity contribution in [3.63, 3.8) is 0 Å². The van der Waals surface area contributed by atoms with Gasteiger partial charge in [-0.05, 0) is 35.9 Å². The normalized spacial score (nSPS) is 16.2. The van der Waals surface area contributed by atoms with Crippen LogP contribution in [0.5, 0.6) is 0 Å². The largest absolute Gasteiger partial charge is 0.338 e. The molecule has 7 heteroatoms. The van der Waals surface area contributed by atoms with Gasteiger partial charge in [0, 0.05) is 49.8 Å². The Kier molecular flexibility index (Phi) is 6.18. The van der Waals surface area contributed by atoms with Crippen molar-refractivity contribution < 1.29 is 14.4 Å². The van der Waals surface area contributed by atoms with Gasteiger partial charge in [0.05, 0.1) is 11.4 Å². The molecule has 1 atom stereocenters. The van der Waals surface area contributed by atoms with E-state index in [4.69, 9.17) is 0 Å². The molecule has 37 heavy (non-hydrogen) atoms. The van der Waals surface area contributed by atoms with Crippen molar-refractivity contribution in [1.82, 2.24) is 14.4 Å². The molecule has 0 N–H and O–H groups in total. The highest BCUT2D eigenvalue weighted by atomic mass is 16.2. The maximum Gasteiger partial charge on any atom is 0.277 e. The molecule has 0 radical (unpaired) electrons. The number of benzene rings is 2. The first-order chi connectivity index (χ1) is 17.7. The maximum absolute atomic E-state index is 13.6. The van der Waals surface area contributed by atoms with Gasteiger partial charge in [0.15, 0.2) is 0 Å². The smallest absolute Gasteiger partial charge is 0.277 e. The van der Waals surface area contributed by atoms with Crippen LogP contribution in [-0.2, 0) is 7.05 Å². The molecule has 1 aromatic heterocycles. The number of carbonyl (C=O) groups is 3. The van der Waals surface area contributed by atoms with Gasteiger partial charge in [0.2, 0.25) is 0 Å². The van der Waals surface area contributed by atoms with E-state index in [1.165, 1.54) is 4.90 Å². The second kappa shape index (κ2) is 9.21. The third-order valence-corrected chi connectivity index (χ3v) is 8.11. The minimum atomic E-state index is -0.228. The number of unbranched alkanes of at least 4 members (excludes halogenated alkanes) is 1. The summed E-state index contributed by atoms with van der Waals surface area (Å²) in [4.78, 5) is 45.2. The fraction of sp³-hybridized carbons (Fsp3) is 0.367. The van der Waals surface area contributed by atoms with E-state index in [2.05, 4.69) is 20.4 Å². The summed E-state index contributed by atoms with van der Waals surface area (Å²) in [5.41, 5.74) is 4.17. The summed E-state index contributed by atoms with van der Waals surface area (Å²) in [5.74, 6) is 0.324. The zero-order valence-electron chi connectivity index (χ0n) is 22.3. The molecule has 0 spiro atoms. The number of carbonyl (C=O) groups excluding carboxylic acids is 3. The lowest BCUT2D eigenvalue weighted by atomic mass is 9.89. The molecule has 0 saturated carbocycles. The highest BCUT2D eigenvalue weighted by Crippen LogP contribution is 2.41. The number of rotatable bonds is 7. The van der Waals surface area contributed by atoms with Gasteiger partial charge in [0.25, 0.3) is 17.7 Å². The first-order valence-electron chi connectivity index (χ1n) is 13.0. The average molecular weight is 499 g/mol. The lowest BCUT2D eigenvalue weighted by Gasteiger charge is -2.33. The van der Waals surface area contributed by atoms with Crippen molar-refractivity contribution >= 4 is 34.2 Å². The van der Waals surface area contributed by atoms with Gasteiger partial charge in [-0.25, -0.2) is 0 Å². The number of fused-ring (bicyclic) bond motifs is 1. The number of hydrogen-bond acceptors (Lipinski definition) is 4. The quantitative estimate of drug-likeness (QED) is 0.395. The van der Waals surface area contributed by atoms with Crippen LogP contribution in [0.3, 0.4) is 0 Å². The third kappa shape index (κ3) is 3.67. The molecular formula is C30H34N4O3. The molecule has 5 rings (SSSR count). The standard InChI is InChI=1S/C30H34N4O3/c1-7-9-11-19(8-2)17-34-28(35)22-13-10-12-21-20(14-15-23(26(21)22)29(34)36)24-16-25-27(33(24)6)30(37)32(5)18(3)31(25)4/h10,12-16,19H,3,7-9,11,17H2,1-2,4-6H3. The summed E-state index contributed by atoms with van der Waals surface area (Å²) in [7, 11) is 5.48. The molecule has 1 unspecified atom stereocenters. The van der Waals surface area contributed by atoms with Crippen LogP contribution >= 0.6 is 0 Å². The van der Waals surface area contributed by atoms with Crippen molar-refractivity contribution in [3.05, 3.63) is 65.6 Å². The lowest BCUT2D eigenvalue weighted by molar-refractivity contribution is 0.0579. The van der Waals surface area contributed by atoms with E-state index >= 15 is 0 Å². The highest BCUT2D eigenvalue weighted by Gasteiger charge is 2.36. The van der Waals surface area contributed by atoms with E-state index in [1.54, 1.807) is 11.9 Å². The molecule has 0 bridgehead atoms. The number of aromatic nitrogens is 1. The van der Waals surface area contributed by atoms with Crippen LogP contribution < -0.4 is 4.90 Å². The van der Waals surface area contributed by atoms with Crippen LogP contribution in [0, 0.1) is 5.92 Å². The van der Waals surface area contributed by atoms with Crippen LogP contribution in [0.25, 0.3) is 22.0 Å². The van der Waals surface area contributed by atoms with Crippen molar-refractivity contribution in [2.75, 3.05) is 25.5 Å². The first-order valence-corrected chi connectivity index (χ1v) is 13.0. The maximum atomic E-state index is 13.6. The molecule has 192 valence electrons. The molecule has 3 heterocycles. The van der Waals surface area contributed by atoms with E-state index in [0.717, 1.165) is 48.0 Å². The molecule has 0 saturated heterocycles. The fourth-order valence-corrected chi connectivity index (χ4v) is 5.71. The van der Waals surface area contributed by atoms with Crippen molar-refractivity contribution in [1.29, 1.82) is 0 Å². The number of hydrogen-bond donors (Lipinski definition) is 0. The van der Waals surface area contributed by atoms with E-state index in [9.17, 15) is 14.4 Å². The summed E-state index contributed by atoms with van der Waals surface area (Å²) in [5, 5.41) is 1.52. The van der Waals surface area contributed by atoms with Crippen molar-refractivity contribution in [2.45, 2.75) is 39.5 Å². The van der Waals surface area contributed by atoms with Gasteiger partial charge >= 0.3 is 0 Å². The van der Waals surface area contributed by atoms with E-state index in [0.29, 0.717) is 40.5 Å². The molecule has 3 amide bonds. The number of anilines is 1. The molecule has 0 aliphatic carbocycles. The molecular weight excluding hydrogens is 464 g/mol. The molecule has 3 aromatic rings. The van der Waals surface area contributed by atoms with Crippen LogP contribution in [0.1, 0.15) is 70.7 Å². The van der Waals surface area contributed by atoms with Crippen LogP contribution in [0.2, 0.25) is 0 Å². The Labute approximate surface area is 217 Å². The second-order valence-corrected chi connectivity index (χ2v) is 10.2. The van der Waals surface area contributed by atoms with E-state index in [-0.39, 0.29) is 17.7 Å². The van der Waals surface area contributed by atoms with E-state index in [1.807, 2.05) is 60.0 Å². The summed E-state index contributed by atoms with van der Waals surface area (Å²) in [6.07, 6.45) is 4.12. The summed E-state index contributed by atoms with van der Waals surface area (Å²) < 4.78 is 1.89. The first kappa shape index (κ1) is 24.8. The predicted molar refractivity (Wildman–Crippen MR) is 147 cm³/mol. The third-order valence-electron chi connectivity index (χ3n) is 8.11. The summed E-state index contributed by atoms with van der Waals surface area (Å²) in [6, 6.07) is 11.4. The zero-order valence-corrected chi connectivity index (χ0v) is 22.3. The zero-order chi connectivity index (χ0) is 26.6. The Hall–Kier alpha value is -3.87. The molecule has 7 nitrogen and oxygen atoms in total. The number of amides is 3. The number of imide groups is 1. The summed E-state index contributed by atoms with van der Waals surface area (Å²) >= 11 is 0. The van der Waals surface area contributed by atoms with Gasteiger partial charge in [-0.3, -0.25) is 24.2 Å². The Morgan fingerprint density at radius 3 is 2.22 bits per heavy atom. The van der Waals surface area contributed by atoms with Gasteiger partial charge in [-0.15, -0.1) is 0 Å². The van der Waals surface area contributed by atoms with Crippen molar-refractivity contribution in [2.24, 2.45) is 13.0 Å². The Balaban J connectivity index is 1.62. The van der Waals surface area contributed by atoms with Gasteiger partial charge in [-0.1, -0.05) is 57.9 Å². The molecule has 2 aromatic carbocycles. The molecule has 2 aliphatic rings. The monoisotopic (exact) mass is 498 g/mol. The number of nitrogens with zero attached hydrogens (tertiary/aromatic N) is 4. The van der Waals surface area contributed by atoms with Crippen LogP contribution in [0.4, 0.5) is 5.69 Å². The van der Waals surface area contributed by atoms with Crippen molar-refractivity contribution in [3.8, 4) is 11.3 Å². The summed E-state index contributed by atoms with van der Waals surface area (Å²) in [6.45, 7) is 8.76. The second-order valence-electron chi connectivity index (χ2n) is 10.2. The van der Waals surface area contributed by atoms with Gasteiger partial charge in [-0.2, -0.15) is 0 Å². The lowest BCUT2D eigenvalue weighted by Crippen LogP contribution is -2.43. The fourth-order valence-electron chi connectivity index (χ4n) is 5.71. The topological polar surface area (TPSA) is 65.9 Å². The SMILES string of the molecule is C=C1N(C)C(=O)c2c(cc(-c3ccc4c5c(cccc35)C(=O)N(CC(CC)CCCC)C4=O)n2C)N1C. The predicted octanol–water partition coefficient (Wildman–Crippen LogP) is 5.65. The molecule has 0 fully saturated rings. The van der Waals surface area contributed by atoms with Gasteiger partial charge in [0.1, 0.15) is 11.5 Å². The van der Waals surface area contributed by atoms with E-state index < -0.39 is 0 Å². The van der Waals surface area contributed by atoms with Crippen LogP contribution in [-0.4, -0.2) is 52.7 Å². The minimum Gasteiger partial charge on any atom is -0.338 e. The average Bonchev–Trinajstić information content (AvgIpc) is 3.25.